The van der Waals surface area contributed by atoms with Gasteiger partial charge in [-0.1, -0.05) is 49.3 Å². The van der Waals surface area contributed by atoms with Crippen LogP contribution in [0.4, 0.5) is 4.79 Å². The number of halogens is 1. The third kappa shape index (κ3) is 5.08. The van der Waals surface area contributed by atoms with Gasteiger partial charge in [-0.2, -0.15) is 0 Å². The van der Waals surface area contributed by atoms with Crippen molar-refractivity contribution in [1.82, 2.24) is 14.9 Å². The average molecular weight is 459 g/mol. The van der Waals surface area contributed by atoms with E-state index in [9.17, 15) is 14.4 Å². The lowest BCUT2D eigenvalue weighted by atomic mass is 9.98. The fourth-order valence-electron chi connectivity index (χ4n) is 3.07. The summed E-state index contributed by atoms with van der Waals surface area (Å²) in [5, 5.41) is 2.50. The van der Waals surface area contributed by atoms with Crippen molar-refractivity contribution in [1.29, 1.82) is 0 Å². The van der Waals surface area contributed by atoms with Crippen molar-refractivity contribution in [3.8, 4) is 5.69 Å². The SMILES string of the molecule is CC[C@H](C)c1ccc(-n2c(S[C@@H](C)C(=O)NC(N)=O)nc3cc(Cl)ccc3c2=O)cc1. The van der Waals surface area contributed by atoms with Crippen LogP contribution in [0.3, 0.4) is 0 Å². The van der Waals surface area contributed by atoms with Crippen LogP contribution in [0.15, 0.2) is 52.4 Å². The lowest BCUT2D eigenvalue weighted by Gasteiger charge is -2.17. The molecule has 0 fully saturated rings. The molecule has 3 rings (SSSR count). The molecule has 2 aromatic carbocycles. The second kappa shape index (κ2) is 9.53. The molecule has 0 bridgehead atoms. The molecule has 0 aliphatic carbocycles. The number of nitrogens with two attached hydrogens (primary N) is 1. The minimum absolute atomic E-state index is 0.275. The molecular formula is C22H23ClN4O3S. The lowest BCUT2D eigenvalue weighted by Crippen LogP contribution is -2.39. The number of nitrogens with zero attached hydrogens (tertiary/aromatic N) is 2. The van der Waals surface area contributed by atoms with E-state index in [4.69, 9.17) is 17.3 Å². The minimum Gasteiger partial charge on any atom is -0.351 e. The molecule has 0 aliphatic rings. The van der Waals surface area contributed by atoms with Crippen molar-refractivity contribution < 1.29 is 9.59 Å². The van der Waals surface area contributed by atoms with Gasteiger partial charge in [-0.3, -0.25) is 19.5 Å². The third-order valence-electron chi connectivity index (χ3n) is 5.03. The number of hydrogen-bond donors (Lipinski definition) is 2. The number of aromatic nitrogens is 2. The van der Waals surface area contributed by atoms with Crippen molar-refractivity contribution in [2.75, 3.05) is 0 Å². The van der Waals surface area contributed by atoms with Gasteiger partial charge < -0.3 is 5.73 Å². The highest BCUT2D eigenvalue weighted by Crippen LogP contribution is 2.27. The predicted molar refractivity (Wildman–Crippen MR) is 124 cm³/mol. The molecule has 1 heterocycles. The molecule has 0 spiro atoms. The highest BCUT2D eigenvalue weighted by atomic mass is 35.5. The van der Waals surface area contributed by atoms with Crippen molar-refractivity contribution >= 4 is 46.2 Å². The summed E-state index contributed by atoms with van der Waals surface area (Å²) in [6.45, 7) is 5.87. The van der Waals surface area contributed by atoms with E-state index in [1.807, 2.05) is 24.3 Å². The number of fused-ring (bicyclic) bond motifs is 1. The Morgan fingerprint density at radius 3 is 2.48 bits per heavy atom. The number of carbonyl (C=O) groups excluding carboxylic acids is 2. The maximum absolute atomic E-state index is 13.4. The first-order valence-electron chi connectivity index (χ1n) is 9.80. The van der Waals surface area contributed by atoms with Gasteiger partial charge in [-0.15, -0.1) is 0 Å². The third-order valence-corrected chi connectivity index (χ3v) is 6.32. The number of rotatable bonds is 6. The number of urea groups is 1. The normalized spacial score (nSPS) is 13.0. The number of imide groups is 1. The van der Waals surface area contributed by atoms with E-state index in [1.54, 1.807) is 25.1 Å². The molecule has 31 heavy (non-hydrogen) atoms. The van der Waals surface area contributed by atoms with E-state index in [0.717, 1.165) is 18.2 Å². The number of nitrogens with one attached hydrogen (secondary N) is 1. The molecule has 3 N–H and O–H groups in total. The van der Waals surface area contributed by atoms with Crippen molar-refractivity contribution in [2.24, 2.45) is 5.73 Å². The molecule has 0 aliphatic heterocycles. The van der Waals surface area contributed by atoms with E-state index in [1.165, 1.54) is 10.1 Å². The smallest absolute Gasteiger partial charge is 0.318 e. The molecule has 2 atom stereocenters. The topological polar surface area (TPSA) is 107 Å². The standard InChI is InChI=1S/C22H23ClN4O3S/c1-4-12(2)14-5-8-16(9-6-14)27-20(29)17-10-7-15(23)11-18(17)25-22(27)31-13(3)19(28)26-21(24)30/h5-13H,4H2,1-3H3,(H3,24,26,28,30)/t12-,13-/m0/s1. The Labute approximate surface area is 189 Å². The van der Waals surface area contributed by atoms with Crippen LogP contribution in [0.2, 0.25) is 5.02 Å². The molecule has 0 saturated heterocycles. The summed E-state index contributed by atoms with van der Waals surface area (Å²) < 4.78 is 1.47. The highest BCUT2D eigenvalue weighted by molar-refractivity contribution is 8.00. The number of amides is 3. The van der Waals surface area contributed by atoms with E-state index in [2.05, 4.69) is 24.1 Å². The molecule has 0 saturated carbocycles. The van der Waals surface area contributed by atoms with Gasteiger partial charge in [-0.05, 0) is 55.2 Å². The molecule has 1 aromatic heterocycles. The summed E-state index contributed by atoms with van der Waals surface area (Å²) >= 11 is 7.14. The van der Waals surface area contributed by atoms with Gasteiger partial charge in [-0.25, -0.2) is 9.78 Å². The first-order valence-corrected chi connectivity index (χ1v) is 11.1. The van der Waals surface area contributed by atoms with Crippen LogP contribution in [0.1, 0.15) is 38.7 Å². The molecule has 7 nitrogen and oxygen atoms in total. The number of carbonyl (C=O) groups is 2. The van der Waals surface area contributed by atoms with Gasteiger partial charge in [0.05, 0.1) is 21.8 Å². The summed E-state index contributed by atoms with van der Waals surface area (Å²) in [5.41, 5.74) is 7.00. The Hall–Kier alpha value is -2.84. The second-order valence-electron chi connectivity index (χ2n) is 7.21. The maximum Gasteiger partial charge on any atom is 0.318 e. The van der Waals surface area contributed by atoms with E-state index >= 15 is 0 Å². The van der Waals surface area contributed by atoms with E-state index in [0.29, 0.717) is 32.7 Å². The van der Waals surface area contributed by atoms with Crippen molar-refractivity contribution in [2.45, 2.75) is 43.5 Å². The Kier molecular flexibility index (Phi) is 7.02. The average Bonchev–Trinajstić information content (AvgIpc) is 2.72. The van der Waals surface area contributed by atoms with Crippen LogP contribution in [0.25, 0.3) is 16.6 Å². The predicted octanol–water partition coefficient (Wildman–Crippen LogP) is 4.23. The van der Waals surface area contributed by atoms with Gasteiger partial charge in [0.1, 0.15) is 0 Å². The Bertz CT molecular complexity index is 1190. The number of benzene rings is 2. The zero-order valence-corrected chi connectivity index (χ0v) is 19.0. The van der Waals surface area contributed by atoms with Crippen molar-refractivity contribution in [3.63, 3.8) is 0 Å². The summed E-state index contributed by atoms with van der Waals surface area (Å²) in [5.74, 6) is -0.175. The second-order valence-corrected chi connectivity index (χ2v) is 8.96. The van der Waals surface area contributed by atoms with Crippen molar-refractivity contribution in [3.05, 3.63) is 63.4 Å². The molecule has 0 unspecified atom stereocenters. The van der Waals surface area contributed by atoms with Crippen LogP contribution in [0, 0.1) is 0 Å². The zero-order chi connectivity index (χ0) is 22.7. The number of primary amides is 1. The molecule has 9 heteroatoms. The zero-order valence-electron chi connectivity index (χ0n) is 17.4. The Morgan fingerprint density at radius 2 is 1.87 bits per heavy atom. The fraction of sp³-hybridized carbons (Fsp3) is 0.273. The molecule has 3 amide bonds. The fourth-order valence-corrected chi connectivity index (χ4v) is 4.16. The Balaban J connectivity index is 2.13. The highest BCUT2D eigenvalue weighted by Gasteiger charge is 2.21. The first-order chi connectivity index (χ1) is 14.7. The summed E-state index contributed by atoms with van der Waals surface area (Å²) in [4.78, 5) is 41.2. The van der Waals surface area contributed by atoms with Gasteiger partial charge in [0.15, 0.2) is 5.16 Å². The van der Waals surface area contributed by atoms with Crippen LogP contribution >= 0.6 is 23.4 Å². The molecular weight excluding hydrogens is 436 g/mol. The Morgan fingerprint density at radius 1 is 1.19 bits per heavy atom. The van der Waals surface area contributed by atoms with Crippen LogP contribution in [-0.4, -0.2) is 26.7 Å². The number of hydrogen-bond acceptors (Lipinski definition) is 5. The van der Waals surface area contributed by atoms with Gasteiger partial charge in [0.25, 0.3) is 5.56 Å². The van der Waals surface area contributed by atoms with Gasteiger partial charge in [0, 0.05) is 5.02 Å². The maximum atomic E-state index is 13.4. The lowest BCUT2D eigenvalue weighted by molar-refractivity contribution is -0.119. The number of thioether (sulfide) groups is 1. The molecule has 162 valence electrons. The first kappa shape index (κ1) is 22.8. The van der Waals surface area contributed by atoms with E-state index in [-0.39, 0.29) is 5.56 Å². The molecule has 3 aromatic rings. The summed E-state index contributed by atoms with van der Waals surface area (Å²) in [7, 11) is 0. The molecule has 0 radical (unpaired) electrons. The van der Waals surface area contributed by atoms with Crippen LogP contribution in [0.5, 0.6) is 0 Å². The largest absolute Gasteiger partial charge is 0.351 e. The minimum atomic E-state index is -0.936. The monoisotopic (exact) mass is 458 g/mol. The summed E-state index contributed by atoms with van der Waals surface area (Å²) in [6.07, 6.45) is 1.01. The summed E-state index contributed by atoms with van der Waals surface area (Å²) in [6, 6.07) is 11.6. The van der Waals surface area contributed by atoms with Crippen LogP contribution < -0.4 is 16.6 Å². The quantitative estimate of drug-likeness (QED) is 0.424. The van der Waals surface area contributed by atoms with E-state index < -0.39 is 17.2 Å². The van der Waals surface area contributed by atoms with Gasteiger partial charge >= 0.3 is 6.03 Å². The van der Waals surface area contributed by atoms with Gasteiger partial charge in [0.2, 0.25) is 5.91 Å². The van der Waals surface area contributed by atoms with Crippen LogP contribution in [-0.2, 0) is 4.79 Å².